The van der Waals surface area contributed by atoms with E-state index in [0.717, 1.165) is 24.0 Å². The van der Waals surface area contributed by atoms with Gasteiger partial charge < -0.3 is 10.4 Å². The number of para-hydroxylation sites is 1. The molecule has 1 fully saturated rings. The molecule has 1 heterocycles. The highest BCUT2D eigenvalue weighted by molar-refractivity contribution is 6.39. The number of rotatable bonds is 7. The van der Waals surface area contributed by atoms with Crippen LogP contribution in [-0.4, -0.2) is 23.0 Å². The Hall–Kier alpha value is -3.09. The van der Waals surface area contributed by atoms with Gasteiger partial charge in [-0.3, -0.25) is 9.69 Å². The molecule has 0 bridgehead atoms. The van der Waals surface area contributed by atoms with Crippen molar-refractivity contribution in [2.75, 3.05) is 10.2 Å². The van der Waals surface area contributed by atoms with Gasteiger partial charge in [-0.25, -0.2) is 9.18 Å². The lowest BCUT2D eigenvalue weighted by molar-refractivity contribution is -0.138. The molecule has 1 aliphatic carbocycles. The van der Waals surface area contributed by atoms with Crippen LogP contribution in [0.15, 0.2) is 60.7 Å². The molecule has 1 amide bonds. The van der Waals surface area contributed by atoms with Gasteiger partial charge >= 0.3 is 5.97 Å². The van der Waals surface area contributed by atoms with Crippen molar-refractivity contribution in [1.82, 2.24) is 0 Å². The predicted octanol–water partition coefficient (Wildman–Crippen LogP) is 6.34. The highest BCUT2D eigenvalue weighted by Crippen LogP contribution is 2.59. The van der Waals surface area contributed by atoms with E-state index in [2.05, 4.69) is 5.32 Å². The number of nitrogens with zero attached hydrogens (tertiary/aromatic N) is 1. The van der Waals surface area contributed by atoms with Crippen LogP contribution >= 0.6 is 23.2 Å². The van der Waals surface area contributed by atoms with E-state index in [4.69, 9.17) is 23.2 Å². The summed E-state index contributed by atoms with van der Waals surface area (Å²) in [5.41, 5.74) is 2.94. The van der Waals surface area contributed by atoms with Gasteiger partial charge in [-0.2, -0.15) is 0 Å². The third-order valence-electron chi connectivity index (χ3n) is 6.57. The van der Waals surface area contributed by atoms with E-state index in [9.17, 15) is 19.1 Å². The lowest BCUT2D eigenvalue weighted by Gasteiger charge is -2.20. The molecule has 0 saturated heterocycles. The van der Waals surface area contributed by atoms with Gasteiger partial charge in [-0.05, 0) is 73.2 Å². The Morgan fingerprint density at radius 2 is 1.76 bits per heavy atom. The number of carboxylic acids is 1. The second kappa shape index (κ2) is 8.60. The maximum absolute atomic E-state index is 14.0. The fraction of sp³-hybridized carbons (Fsp3) is 0.231. The van der Waals surface area contributed by atoms with Gasteiger partial charge in [0.2, 0.25) is 5.91 Å². The Bertz CT molecular complexity index is 1270. The average Bonchev–Trinajstić information content (AvgIpc) is 3.57. The molecule has 5 nitrogen and oxygen atoms in total. The smallest absolute Gasteiger partial charge is 0.326 e. The van der Waals surface area contributed by atoms with Crippen LogP contribution in [0.4, 0.5) is 21.5 Å². The summed E-state index contributed by atoms with van der Waals surface area (Å²) in [6.45, 7) is 0. The minimum Gasteiger partial charge on any atom is -0.480 e. The summed E-state index contributed by atoms with van der Waals surface area (Å²) in [5.74, 6) is -1.41. The van der Waals surface area contributed by atoms with Crippen molar-refractivity contribution in [3.63, 3.8) is 0 Å². The van der Waals surface area contributed by atoms with Crippen LogP contribution in [0.1, 0.15) is 30.4 Å². The Labute approximate surface area is 206 Å². The number of benzene rings is 3. The number of anilines is 3. The van der Waals surface area contributed by atoms with E-state index >= 15 is 0 Å². The number of carbonyl (C=O) groups is 2. The van der Waals surface area contributed by atoms with Gasteiger partial charge in [-0.15, -0.1) is 0 Å². The number of hydrogen-bond donors (Lipinski definition) is 2. The lowest BCUT2D eigenvalue weighted by atomic mass is 9.98. The van der Waals surface area contributed by atoms with Gasteiger partial charge in [0.05, 0.1) is 26.8 Å². The molecule has 8 heteroatoms. The summed E-state index contributed by atoms with van der Waals surface area (Å²) >= 11 is 12.3. The molecule has 174 valence electrons. The topological polar surface area (TPSA) is 69.6 Å². The number of fused-ring (bicyclic) bond motifs is 2. The molecular formula is C26H21Cl2FN2O3. The Kier molecular flexibility index (Phi) is 5.74. The fourth-order valence-electron chi connectivity index (χ4n) is 4.59. The van der Waals surface area contributed by atoms with Crippen LogP contribution < -0.4 is 10.2 Å². The van der Waals surface area contributed by atoms with E-state index < -0.39 is 17.4 Å². The van der Waals surface area contributed by atoms with Crippen molar-refractivity contribution in [3.8, 4) is 0 Å². The first kappa shape index (κ1) is 22.7. The first-order valence-electron chi connectivity index (χ1n) is 11.0. The average molecular weight is 499 g/mol. The summed E-state index contributed by atoms with van der Waals surface area (Å²) in [7, 11) is 0. The molecule has 3 aromatic rings. The van der Waals surface area contributed by atoms with E-state index in [-0.39, 0.29) is 11.7 Å². The molecule has 0 unspecified atom stereocenters. The maximum Gasteiger partial charge on any atom is 0.326 e. The Morgan fingerprint density at radius 1 is 1.09 bits per heavy atom. The highest BCUT2D eigenvalue weighted by Gasteiger charge is 2.59. The monoisotopic (exact) mass is 498 g/mol. The number of amides is 1. The first-order valence-corrected chi connectivity index (χ1v) is 11.7. The van der Waals surface area contributed by atoms with Crippen molar-refractivity contribution in [2.24, 2.45) is 0 Å². The van der Waals surface area contributed by atoms with Crippen molar-refractivity contribution in [1.29, 1.82) is 0 Å². The second-order valence-corrected chi connectivity index (χ2v) is 9.54. The van der Waals surface area contributed by atoms with Crippen molar-refractivity contribution >= 4 is 52.1 Å². The SMILES string of the molecule is O=C(O)[C@H](CCc1ccc(N2C(=O)C3(CC3)c3ccc(F)cc32)cc1)Nc1c(Cl)cccc1Cl. The molecule has 0 radical (unpaired) electrons. The van der Waals surface area contributed by atoms with E-state index in [1.165, 1.54) is 12.1 Å². The van der Waals surface area contributed by atoms with Gasteiger partial charge in [-0.1, -0.05) is 47.5 Å². The zero-order chi connectivity index (χ0) is 24.0. The Morgan fingerprint density at radius 3 is 2.38 bits per heavy atom. The highest BCUT2D eigenvalue weighted by atomic mass is 35.5. The maximum atomic E-state index is 14.0. The normalized spacial score (nSPS) is 16.4. The van der Waals surface area contributed by atoms with E-state index in [1.54, 1.807) is 29.2 Å². The zero-order valence-corrected chi connectivity index (χ0v) is 19.5. The number of aliphatic carboxylic acids is 1. The van der Waals surface area contributed by atoms with Crippen LogP contribution in [0.5, 0.6) is 0 Å². The molecule has 1 aliphatic heterocycles. The molecule has 1 atom stereocenters. The first-order chi connectivity index (χ1) is 16.3. The van der Waals surface area contributed by atoms with Crippen molar-refractivity contribution < 1.29 is 19.1 Å². The fourth-order valence-corrected chi connectivity index (χ4v) is 5.09. The van der Waals surface area contributed by atoms with Crippen LogP contribution in [0, 0.1) is 5.82 Å². The predicted molar refractivity (Wildman–Crippen MR) is 131 cm³/mol. The van der Waals surface area contributed by atoms with Gasteiger partial charge in [0, 0.05) is 5.69 Å². The molecule has 1 saturated carbocycles. The van der Waals surface area contributed by atoms with E-state index in [0.29, 0.717) is 39.9 Å². The largest absolute Gasteiger partial charge is 0.480 e. The number of carbonyl (C=O) groups excluding carboxylic acids is 1. The van der Waals surface area contributed by atoms with Crippen molar-refractivity contribution in [3.05, 3.63) is 87.7 Å². The molecule has 3 aromatic carbocycles. The summed E-state index contributed by atoms with van der Waals surface area (Å²) in [4.78, 5) is 26.6. The zero-order valence-electron chi connectivity index (χ0n) is 18.0. The molecule has 2 N–H and O–H groups in total. The summed E-state index contributed by atoms with van der Waals surface area (Å²) < 4.78 is 14.0. The van der Waals surface area contributed by atoms with Gasteiger partial charge in [0.25, 0.3) is 0 Å². The summed E-state index contributed by atoms with van der Waals surface area (Å²) in [6, 6.07) is 16.0. The number of carboxylic acid groups (broad SMARTS) is 1. The van der Waals surface area contributed by atoms with E-state index in [1.807, 2.05) is 24.3 Å². The molecular weight excluding hydrogens is 478 g/mol. The molecule has 0 aromatic heterocycles. The number of aryl methyl sites for hydroxylation is 1. The third kappa shape index (κ3) is 3.91. The Balaban J connectivity index is 1.32. The van der Waals surface area contributed by atoms with Crippen LogP contribution in [-0.2, 0) is 21.4 Å². The second-order valence-electron chi connectivity index (χ2n) is 8.72. The number of nitrogens with one attached hydrogen (secondary N) is 1. The molecule has 2 aliphatic rings. The number of halogens is 3. The summed E-state index contributed by atoms with van der Waals surface area (Å²) in [6.07, 6.45) is 2.33. The van der Waals surface area contributed by atoms with Crippen LogP contribution in [0.2, 0.25) is 10.0 Å². The minimum absolute atomic E-state index is 0.0207. The van der Waals surface area contributed by atoms with Crippen LogP contribution in [0.25, 0.3) is 0 Å². The standard InChI is InChI=1S/C26H21Cl2FN2O3/c27-19-2-1-3-20(28)23(19)30-21(24(32)33)11-6-15-4-8-17(9-5-15)31-22-14-16(29)7-10-18(22)26(12-13-26)25(31)34/h1-5,7-10,14,21,30H,6,11-13H2,(H,32,33)/t21-/m0/s1. The molecule has 1 spiro atoms. The van der Waals surface area contributed by atoms with Gasteiger partial charge in [0.15, 0.2) is 0 Å². The minimum atomic E-state index is -1.01. The quantitative estimate of drug-likeness (QED) is 0.398. The number of hydrogen-bond acceptors (Lipinski definition) is 3. The lowest BCUT2D eigenvalue weighted by Crippen LogP contribution is -2.30. The van der Waals surface area contributed by atoms with Crippen molar-refractivity contribution in [2.45, 2.75) is 37.1 Å². The molecule has 34 heavy (non-hydrogen) atoms. The van der Waals surface area contributed by atoms with Crippen LogP contribution in [0.3, 0.4) is 0 Å². The summed E-state index contributed by atoms with van der Waals surface area (Å²) in [5, 5.41) is 13.3. The third-order valence-corrected chi connectivity index (χ3v) is 7.20. The molecule has 5 rings (SSSR count). The van der Waals surface area contributed by atoms with Gasteiger partial charge in [0.1, 0.15) is 11.9 Å².